The first-order chi connectivity index (χ1) is 19.3. The average molecular weight is 596 g/mol. The molecular weight excluding hydrogens is 554 g/mol. The minimum atomic E-state index is -3.75. The molecule has 10 nitrogen and oxygen atoms in total. The molecule has 0 atom stereocenters. The Morgan fingerprint density at radius 2 is 1.32 bits per heavy atom. The van der Waals surface area contributed by atoms with Crippen LogP contribution >= 0.6 is 0 Å². The van der Waals surface area contributed by atoms with Crippen molar-refractivity contribution >= 4 is 25.4 Å². The monoisotopic (exact) mass is 595 g/mol. The second-order valence-corrected chi connectivity index (χ2v) is 14.3. The second-order valence-electron chi connectivity index (χ2n) is 10.1. The van der Waals surface area contributed by atoms with Crippen LogP contribution in [0.5, 0.6) is 5.75 Å². The van der Waals surface area contributed by atoms with Gasteiger partial charge in [0, 0.05) is 32.7 Å². The molecule has 0 aliphatic carbocycles. The predicted octanol–water partition coefficient (Wildman–Crippen LogP) is 2.30. The lowest BCUT2D eigenvalue weighted by molar-refractivity contribution is 0.0380. The number of benzene rings is 2. The van der Waals surface area contributed by atoms with Crippen molar-refractivity contribution in [1.82, 2.24) is 9.80 Å². The van der Waals surface area contributed by atoms with Crippen LogP contribution in [0.25, 0.3) is 0 Å². The Balaban J connectivity index is 1.49. The molecular formula is C28H41N3O7S2. The molecule has 2 fully saturated rings. The zero-order chi connectivity index (χ0) is 28.4. The van der Waals surface area contributed by atoms with E-state index in [1.54, 1.807) is 13.2 Å². The van der Waals surface area contributed by atoms with Crippen molar-refractivity contribution in [3.8, 4) is 5.75 Å². The van der Waals surface area contributed by atoms with Gasteiger partial charge < -0.3 is 19.5 Å². The number of sulfone groups is 2. The van der Waals surface area contributed by atoms with E-state index in [0.717, 1.165) is 37.5 Å². The van der Waals surface area contributed by atoms with Crippen molar-refractivity contribution in [2.75, 3.05) is 89.6 Å². The normalized spacial score (nSPS) is 17.5. The molecule has 1 N–H and O–H groups in total. The fourth-order valence-corrected chi connectivity index (χ4v) is 7.78. The summed E-state index contributed by atoms with van der Waals surface area (Å²) in [6.07, 6.45) is 0.929. The maximum atomic E-state index is 13.6. The quantitative estimate of drug-likeness (QED) is 0.349. The van der Waals surface area contributed by atoms with Gasteiger partial charge in [0.1, 0.15) is 5.75 Å². The third-order valence-corrected chi connectivity index (χ3v) is 10.9. The lowest BCUT2D eigenvalue weighted by atomic mass is 10.2. The van der Waals surface area contributed by atoms with E-state index in [2.05, 4.69) is 15.1 Å². The number of morpholine rings is 2. The smallest absolute Gasteiger partial charge is 0.180 e. The van der Waals surface area contributed by atoms with E-state index in [9.17, 15) is 16.8 Å². The van der Waals surface area contributed by atoms with Crippen molar-refractivity contribution in [3.05, 3.63) is 48.0 Å². The molecule has 2 heterocycles. The van der Waals surface area contributed by atoms with Gasteiger partial charge in [-0.15, -0.1) is 0 Å². The highest BCUT2D eigenvalue weighted by molar-refractivity contribution is 7.92. The fourth-order valence-electron chi connectivity index (χ4n) is 4.87. The maximum Gasteiger partial charge on any atom is 0.180 e. The van der Waals surface area contributed by atoms with E-state index in [4.69, 9.17) is 14.2 Å². The largest absolute Gasteiger partial charge is 0.497 e. The molecule has 12 heteroatoms. The molecule has 0 radical (unpaired) electrons. The molecule has 0 unspecified atom stereocenters. The Kier molecular flexibility index (Phi) is 11.2. The summed E-state index contributed by atoms with van der Waals surface area (Å²) in [5.74, 6) is 0.622. The highest BCUT2D eigenvalue weighted by Gasteiger charge is 2.24. The van der Waals surface area contributed by atoms with Crippen LogP contribution in [0, 0.1) is 0 Å². The first-order valence-electron chi connectivity index (χ1n) is 13.8. The molecule has 2 aromatic rings. The number of nitrogens with zero attached hydrogens (tertiary/aromatic N) is 2. The number of methoxy groups -OCH3 is 1. The van der Waals surface area contributed by atoms with Gasteiger partial charge in [-0.2, -0.15) is 0 Å². The van der Waals surface area contributed by atoms with Gasteiger partial charge >= 0.3 is 0 Å². The minimum Gasteiger partial charge on any atom is -0.497 e. The molecule has 4 rings (SSSR count). The molecule has 2 aliphatic heterocycles. The van der Waals surface area contributed by atoms with Crippen LogP contribution in [0.1, 0.15) is 18.4 Å². The van der Waals surface area contributed by atoms with Crippen LogP contribution in [-0.2, 0) is 35.7 Å². The Hall–Kier alpha value is -2.22. The first-order valence-corrected chi connectivity index (χ1v) is 17.1. The van der Waals surface area contributed by atoms with E-state index in [1.807, 2.05) is 24.3 Å². The molecule has 0 aromatic heterocycles. The standard InChI is InChI=1S/C28H41N3O7S2/c1-36-25-6-4-24(5-7-25)23-29-27-9-8-26(39(32,33)20-2-10-30-12-16-37-17-13-30)22-28(27)40(34,35)21-3-11-31-14-18-38-19-15-31/h4-9,22,29H,2-3,10-21,23H2,1H3. The van der Waals surface area contributed by atoms with Gasteiger partial charge in [-0.3, -0.25) is 9.80 Å². The Morgan fingerprint density at radius 3 is 1.88 bits per heavy atom. The Morgan fingerprint density at radius 1 is 0.775 bits per heavy atom. The highest BCUT2D eigenvalue weighted by atomic mass is 32.2. The summed E-state index contributed by atoms with van der Waals surface area (Å²) in [6, 6.07) is 11.9. The number of anilines is 1. The highest BCUT2D eigenvalue weighted by Crippen LogP contribution is 2.28. The zero-order valence-corrected chi connectivity index (χ0v) is 24.8. The molecule has 40 heavy (non-hydrogen) atoms. The van der Waals surface area contributed by atoms with E-state index >= 15 is 0 Å². The third-order valence-electron chi connectivity index (χ3n) is 7.27. The van der Waals surface area contributed by atoms with Crippen molar-refractivity contribution in [2.45, 2.75) is 29.2 Å². The maximum absolute atomic E-state index is 13.6. The van der Waals surface area contributed by atoms with Gasteiger partial charge in [-0.05, 0) is 61.8 Å². The number of hydrogen-bond acceptors (Lipinski definition) is 10. The topological polar surface area (TPSA) is 114 Å². The summed E-state index contributed by atoms with van der Waals surface area (Å²) in [7, 11) is -5.81. The van der Waals surface area contributed by atoms with Gasteiger partial charge in [0.25, 0.3) is 0 Å². The average Bonchev–Trinajstić information content (AvgIpc) is 2.97. The number of rotatable bonds is 14. The Bertz CT molecular complexity index is 1290. The molecule has 0 saturated carbocycles. The van der Waals surface area contributed by atoms with Crippen molar-refractivity contribution in [2.24, 2.45) is 0 Å². The fraction of sp³-hybridized carbons (Fsp3) is 0.571. The number of nitrogens with one attached hydrogen (secondary N) is 1. The lowest BCUT2D eigenvalue weighted by Crippen LogP contribution is -2.37. The van der Waals surface area contributed by atoms with E-state index in [0.29, 0.717) is 64.6 Å². The van der Waals surface area contributed by atoms with Crippen molar-refractivity contribution in [1.29, 1.82) is 0 Å². The van der Waals surface area contributed by atoms with Gasteiger partial charge in [0.15, 0.2) is 19.7 Å². The van der Waals surface area contributed by atoms with E-state index in [1.165, 1.54) is 12.1 Å². The van der Waals surface area contributed by atoms with Crippen molar-refractivity contribution in [3.63, 3.8) is 0 Å². The first kappa shape index (κ1) is 30.7. The molecule has 0 bridgehead atoms. The summed E-state index contributed by atoms with van der Waals surface area (Å²) in [4.78, 5) is 4.45. The molecule has 222 valence electrons. The minimum absolute atomic E-state index is 0.0252. The van der Waals surface area contributed by atoms with Gasteiger partial charge in [-0.25, -0.2) is 16.8 Å². The SMILES string of the molecule is COc1ccc(CNc2ccc(S(=O)(=O)CCCN3CCOCC3)cc2S(=O)(=O)CCCN2CCOCC2)cc1. The number of hydrogen-bond donors (Lipinski definition) is 1. The lowest BCUT2D eigenvalue weighted by Gasteiger charge is -2.26. The zero-order valence-electron chi connectivity index (χ0n) is 23.2. The van der Waals surface area contributed by atoms with Crippen LogP contribution in [0.2, 0.25) is 0 Å². The summed E-state index contributed by atoms with van der Waals surface area (Å²) < 4.78 is 69.6. The van der Waals surface area contributed by atoms with Crippen molar-refractivity contribution < 1.29 is 31.0 Å². The summed E-state index contributed by atoms with van der Waals surface area (Å²) >= 11 is 0. The Labute approximate surface area is 238 Å². The summed E-state index contributed by atoms with van der Waals surface area (Å²) in [6.45, 7) is 7.46. The molecule has 0 amide bonds. The number of ether oxygens (including phenoxy) is 3. The van der Waals surface area contributed by atoms with E-state index in [-0.39, 0.29) is 21.3 Å². The van der Waals surface area contributed by atoms with Crippen LogP contribution in [-0.4, -0.2) is 111 Å². The van der Waals surface area contributed by atoms with Gasteiger partial charge in [0.05, 0.1) is 60.5 Å². The summed E-state index contributed by atoms with van der Waals surface area (Å²) in [5, 5.41) is 3.22. The molecule has 0 spiro atoms. The van der Waals surface area contributed by atoms with Crippen LogP contribution in [0.4, 0.5) is 5.69 Å². The van der Waals surface area contributed by atoms with Gasteiger partial charge in [-0.1, -0.05) is 12.1 Å². The van der Waals surface area contributed by atoms with Crippen LogP contribution in [0.3, 0.4) is 0 Å². The van der Waals surface area contributed by atoms with Crippen LogP contribution in [0.15, 0.2) is 52.3 Å². The molecule has 2 aromatic carbocycles. The summed E-state index contributed by atoms with van der Waals surface area (Å²) in [5.41, 5.74) is 1.34. The molecule has 2 saturated heterocycles. The predicted molar refractivity (Wildman–Crippen MR) is 155 cm³/mol. The van der Waals surface area contributed by atoms with Gasteiger partial charge in [0.2, 0.25) is 0 Å². The second kappa shape index (κ2) is 14.6. The van der Waals surface area contributed by atoms with Crippen LogP contribution < -0.4 is 10.1 Å². The van der Waals surface area contributed by atoms with E-state index < -0.39 is 19.7 Å². The molecule has 2 aliphatic rings. The third kappa shape index (κ3) is 8.89.